The molecule has 3 aliphatic rings. The molecule has 242 valence electrons. The Morgan fingerprint density at radius 1 is 0.870 bits per heavy atom. The van der Waals surface area contributed by atoms with E-state index in [0.717, 1.165) is 24.3 Å². The number of ether oxygens (including phenoxy) is 1. The molecule has 0 aliphatic carbocycles. The van der Waals surface area contributed by atoms with Crippen molar-refractivity contribution in [2.24, 2.45) is 5.92 Å². The molecule has 3 fully saturated rings. The van der Waals surface area contributed by atoms with Gasteiger partial charge in [0.15, 0.2) is 5.78 Å². The Balaban J connectivity index is 1.30. The van der Waals surface area contributed by atoms with Crippen LogP contribution in [0.5, 0.6) is 0 Å². The van der Waals surface area contributed by atoms with Crippen LogP contribution in [0.3, 0.4) is 0 Å². The first kappa shape index (κ1) is 32.5. The van der Waals surface area contributed by atoms with Gasteiger partial charge in [-0.2, -0.15) is 0 Å². The van der Waals surface area contributed by atoms with E-state index in [0.29, 0.717) is 79.8 Å². The van der Waals surface area contributed by atoms with Crippen molar-refractivity contribution in [2.45, 2.75) is 30.7 Å². The van der Waals surface area contributed by atoms with Crippen molar-refractivity contribution in [1.29, 1.82) is 0 Å². The Morgan fingerprint density at radius 3 is 2.24 bits per heavy atom. The highest BCUT2D eigenvalue weighted by Crippen LogP contribution is 2.43. The topological polar surface area (TPSA) is 82.2 Å². The number of halogens is 2. The molecule has 3 aromatic carbocycles. The molecule has 0 saturated carbocycles. The van der Waals surface area contributed by atoms with E-state index in [2.05, 4.69) is 10.2 Å². The van der Waals surface area contributed by atoms with Gasteiger partial charge in [0.25, 0.3) is 11.8 Å². The first-order valence-corrected chi connectivity index (χ1v) is 16.8. The van der Waals surface area contributed by atoms with Gasteiger partial charge in [0.1, 0.15) is 5.54 Å². The minimum atomic E-state index is -1.13. The molecule has 6 rings (SSSR count). The number of anilines is 1. The average Bonchev–Trinajstić information content (AvgIpc) is 3.12. The van der Waals surface area contributed by atoms with Crippen LogP contribution in [0.2, 0.25) is 10.0 Å². The number of amides is 2. The molecular weight excluding hydrogens is 623 g/mol. The minimum Gasteiger partial charge on any atom is -0.378 e. The number of rotatable bonds is 7. The molecule has 3 saturated heterocycles. The van der Waals surface area contributed by atoms with E-state index >= 15 is 0 Å². The van der Waals surface area contributed by atoms with Crippen LogP contribution in [0.15, 0.2) is 72.8 Å². The lowest BCUT2D eigenvalue weighted by Gasteiger charge is -2.51. The number of nitrogens with zero attached hydrogens (tertiary/aromatic N) is 3. The van der Waals surface area contributed by atoms with E-state index in [1.54, 1.807) is 18.0 Å². The molecule has 0 aromatic heterocycles. The summed E-state index contributed by atoms with van der Waals surface area (Å²) in [5, 5.41) is 4.31. The molecule has 10 heteroatoms. The van der Waals surface area contributed by atoms with Crippen LogP contribution in [0.4, 0.5) is 5.69 Å². The van der Waals surface area contributed by atoms with Gasteiger partial charge < -0.3 is 24.8 Å². The summed E-state index contributed by atoms with van der Waals surface area (Å²) in [6.45, 7) is 5.02. The van der Waals surface area contributed by atoms with Gasteiger partial charge in [-0.25, -0.2) is 0 Å². The van der Waals surface area contributed by atoms with Gasteiger partial charge in [0, 0.05) is 68.4 Å². The maximum absolute atomic E-state index is 15.0. The highest BCUT2D eigenvalue weighted by molar-refractivity contribution is 6.42. The first-order valence-electron chi connectivity index (χ1n) is 16.0. The molecular formula is C36H40Cl2N4O4. The summed E-state index contributed by atoms with van der Waals surface area (Å²) in [6.07, 6.45) is 1.53. The lowest BCUT2D eigenvalue weighted by Crippen LogP contribution is -2.66. The maximum atomic E-state index is 15.0. The van der Waals surface area contributed by atoms with Crippen molar-refractivity contribution in [3.05, 3.63) is 99.5 Å². The number of carbonyl (C=O) groups is 3. The van der Waals surface area contributed by atoms with Crippen molar-refractivity contribution < 1.29 is 19.1 Å². The third-order valence-electron chi connectivity index (χ3n) is 9.95. The second kappa shape index (κ2) is 14.1. The fourth-order valence-corrected chi connectivity index (χ4v) is 7.63. The number of likely N-dealkylation sites (tertiary alicyclic amines) is 1. The van der Waals surface area contributed by atoms with Crippen LogP contribution in [0.25, 0.3) is 0 Å². The van der Waals surface area contributed by atoms with E-state index in [1.165, 1.54) is 0 Å². The van der Waals surface area contributed by atoms with Crippen molar-refractivity contribution in [3.63, 3.8) is 0 Å². The summed E-state index contributed by atoms with van der Waals surface area (Å²) >= 11 is 12.8. The van der Waals surface area contributed by atoms with E-state index in [9.17, 15) is 14.4 Å². The molecule has 46 heavy (non-hydrogen) atoms. The Hall–Kier alpha value is -3.43. The fraction of sp³-hybridized carbons (Fsp3) is 0.417. The third kappa shape index (κ3) is 6.41. The molecule has 0 spiro atoms. The number of piperidine rings is 2. The van der Waals surface area contributed by atoms with Crippen LogP contribution in [0.1, 0.15) is 51.5 Å². The van der Waals surface area contributed by atoms with E-state index < -0.39 is 5.54 Å². The molecule has 2 amide bonds. The van der Waals surface area contributed by atoms with Gasteiger partial charge in [-0.15, -0.1) is 0 Å². The van der Waals surface area contributed by atoms with Gasteiger partial charge >= 0.3 is 0 Å². The average molecular weight is 664 g/mol. The monoisotopic (exact) mass is 662 g/mol. The zero-order valence-electron chi connectivity index (χ0n) is 26.1. The maximum Gasteiger partial charge on any atom is 0.254 e. The standard InChI is InChI=1S/C36H40Cl2N4O4/c1-40(34(44)27-7-10-29(11-8-27)41-19-21-46-22-20-41)36(15-16-39-24-30(36)28-9-12-31(37)32(38)23-28)33(43)25-13-17-42(18-14-25)35(45)26-5-3-2-4-6-26/h2-12,23,25,30,39H,13-22,24H2,1H3/t30-,36+/m0/s1. The number of benzene rings is 3. The van der Waals surface area contributed by atoms with Crippen molar-refractivity contribution in [2.75, 3.05) is 64.4 Å². The van der Waals surface area contributed by atoms with Gasteiger partial charge in [-0.05, 0) is 79.9 Å². The van der Waals surface area contributed by atoms with Gasteiger partial charge in [0.2, 0.25) is 0 Å². The summed E-state index contributed by atoms with van der Waals surface area (Å²) in [4.78, 5) is 48.3. The summed E-state index contributed by atoms with van der Waals surface area (Å²) in [5.74, 6) is -0.844. The number of Topliss-reactive ketones (excluding diaryl/α,β-unsaturated/α-hetero) is 1. The zero-order valence-corrected chi connectivity index (χ0v) is 27.6. The smallest absolute Gasteiger partial charge is 0.254 e. The normalized spacial score (nSPS) is 22.4. The first-order chi connectivity index (χ1) is 22.3. The fourth-order valence-electron chi connectivity index (χ4n) is 7.33. The third-order valence-corrected chi connectivity index (χ3v) is 10.7. The quantitative estimate of drug-likeness (QED) is 0.358. The Kier molecular flexibility index (Phi) is 9.99. The number of carbonyl (C=O) groups excluding carboxylic acids is 3. The lowest BCUT2D eigenvalue weighted by molar-refractivity contribution is -0.137. The number of hydrogen-bond donors (Lipinski definition) is 1. The zero-order chi connectivity index (χ0) is 32.3. The highest BCUT2D eigenvalue weighted by Gasteiger charge is 2.54. The van der Waals surface area contributed by atoms with Crippen LogP contribution in [-0.4, -0.2) is 92.5 Å². The lowest BCUT2D eigenvalue weighted by atomic mass is 9.66. The summed E-state index contributed by atoms with van der Waals surface area (Å²) in [6, 6.07) is 22.4. The molecule has 0 unspecified atom stereocenters. The molecule has 1 N–H and O–H groups in total. The second-order valence-corrected chi connectivity index (χ2v) is 13.2. The summed E-state index contributed by atoms with van der Waals surface area (Å²) in [7, 11) is 1.76. The van der Waals surface area contributed by atoms with E-state index in [4.69, 9.17) is 27.9 Å². The molecule has 3 heterocycles. The van der Waals surface area contributed by atoms with Gasteiger partial charge in [-0.1, -0.05) is 47.5 Å². The van der Waals surface area contributed by atoms with Crippen LogP contribution in [-0.2, 0) is 9.53 Å². The highest BCUT2D eigenvalue weighted by atomic mass is 35.5. The molecule has 2 atom stereocenters. The van der Waals surface area contributed by atoms with E-state index in [1.807, 2.05) is 71.6 Å². The van der Waals surface area contributed by atoms with Crippen LogP contribution < -0.4 is 10.2 Å². The SMILES string of the molecule is CN(C(=O)c1ccc(N2CCOCC2)cc1)[C@]1(C(=O)C2CCN(C(=O)c3ccccc3)CC2)CCNC[C@H]1c1ccc(Cl)c(Cl)c1. The Labute approximate surface area is 280 Å². The molecule has 0 radical (unpaired) electrons. The molecule has 8 nitrogen and oxygen atoms in total. The number of nitrogens with one attached hydrogen (secondary N) is 1. The molecule has 3 aromatic rings. The predicted octanol–water partition coefficient (Wildman–Crippen LogP) is 5.54. The van der Waals surface area contributed by atoms with Crippen LogP contribution >= 0.6 is 23.2 Å². The second-order valence-electron chi connectivity index (χ2n) is 12.4. The number of likely N-dealkylation sites (N-methyl/N-ethyl adjacent to an activating group) is 1. The van der Waals surface area contributed by atoms with Crippen molar-refractivity contribution in [1.82, 2.24) is 15.1 Å². The van der Waals surface area contributed by atoms with Crippen molar-refractivity contribution in [3.8, 4) is 0 Å². The van der Waals surface area contributed by atoms with Gasteiger partial charge in [0.05, 0.1) is 23.3 Å². The van der Waals surface area contributed by atoms with Gasteiger partial charge in [-0.3, -0.25) is 14.4 Å². The Bertz CT molecular complexity index is 1560. The van der Waals surface area contributed by atoms with Crippen molar-refractivity contribution >= 4 is 46.5 Å². The summed E-state index contributed by atoms with van der Waals surface area (Å²) < 4.78 is 5.49. The van der Waals surface area contributed by atoms with E-state index in [-0.39, 0.29) is 29.4 Å². The van der Waals surface area contributed by atoms with Crippen LogP contribution in [0, 0.1) is 5.92 Å². The molecule has 0 bridgehead atoms. The molecule has 3 aliphatic heterocycles. The number of hydrogen-bond acceptors (Lipinski definition) is 6. The summed E-state index contributed by atoms with van der Waals surface area (Å²) in [5.41, 5.74) is 1.95. The predicted molar refractivity (Wildman–Crippen MR) is 181 cm³/mol. The number of ketones is 1. The number of morpholine rings is 1. The largest absolute Gasteiger partial charge is 0.378 e. The minimum absolute atomic E-state index is 0.0235. The Morgan fingerprint density at radius 2 is 1.57 bits per heavy atom.